The first kappa shape index (κ1) is 22.5. The highest BCUT2D eigenvalue weighted by Gasteiger charge is 2.37. The average Bonchev–Trinajstić information content (AvgIpc) is 3.71. The van der Waals surface area contributed by atoms with Gasteiger partial charge in [-0.3, -0.25) is 4.79 Å². The summed E-state index contributed by atoms with van der Waals surface area (Å²) in [5.41, 5.74) is 0.803. The number of nitrogens with zero attached hydrogens (tertiary/aromatic N) is 3. The molecule has 33 heavy (non-hydrogen) atoms. The summed E-state index contributed by atoms with van der Waals surface area (Å²) < 4.78 is 48.3. The molecule has 3 fully saturated rings. The molecule has 0 bridgehead atoms. The number of benzene rings is 1. The molecule has 1 amide bonds. The standard InChI is InChI=1S/C24H30FN3O4S/c25-22-6-2-1-4-19(22)16-33(30,31)24-26-12-20(28(24)15-21-5-3-11-32-21)14-27(13-17-7-8-17)23(29)18-9-10-18/h1-2,4,6,12,17-18,21H,3,5,7-11,13-16H2/t21-/m0/s1. The van der Waals surface area contributed by atoms with Crippen LogP contribution in [0.5, 0.6) is 0 Å². The molecule has 3 aliphatic rings. The molecule has 7 nitrogen and oxygen atoms in total. The van der Waals surface area contributed by atoms with Crippen molar-refractivity contribution in [2.45, 2.75) is 68.6 Å². The SMILES string of the molecule is O=C(C1CC1)N(Cc1cnc(S(=O)(=O)Cc2ccccc2F)n1C[C@@H]1CCCO1)CC1CC1. The van der Waals surface area contributed by atoms with Crippen LogP contribution in [0.3, 0.4) is 0 Å². The number of amides is 1. The summed E-state index contributed by atoms with van der Waals surface area (Å²) in [6, 6.07) is 5.89. The number of aromatic nitrogens is 2. The highest BCUT2D eigenvalue weighted by atomic mass is 32.2. The lowest BCUT2D eigenvalue weighted by Gasteiger charge is -2.24. The van der Waals surface area contributed by atoms with E-state index in [4.69, 9.17) is 4.74 Å². The van der Waals surface area contributed by atoms with E-state index in [9.17, 15) is 17.6 Å². The minimum Gasteiger partial charge on any atom is -0.376 e. The molecule has 1 atom stereocenters. The summed E-state index contributed by atoms with van der Waals surface area (Å²) in [5, 5.41) is -0.0819. The fourth-order valence-corrected chi connectivity index (χ4v) is 5.98. The second kappa shape index (κ2) is 9.18. The Morgan fingerprint density at radius 2 is 1.97 bits per heavy atom. The lowest BCUT2D eigenvalue weighted by atomic mass is 10.2. The minimum atomic E-state index is -3.91. The van der Waals surface area contributed by atoms with Gasteiger partial charge >= 0.3 is 0 Å². The summed E-state index contributed by atoms with van der Waals surface area (Å²) in [5.74, 6) is -0.227. The Labute approximate surface area is 193 Å². The monoisotopic (exact) mass is 475 g/mol. The predicted octanol–water partition coefficient (Wildman–Crippen LogP) is 3.32. The van der Waals surface area contributed by atoms with Crippen molar-refractivity contribution in [3.05, 3.63) is 47.5 Å². The number of hydrogen-bond donors (Lipinski definition) is 0. The molecular weight excluding hydrogens is 445 g/mol. The Kier molecular flexibility index (Phi) is 6.26. The molecule has 9 heteroatoms. The third kappa shape index (κ3) is 5.30. The molecule has 0 radical (unpaired) electrons. The molecule has 2 aromatic rings. The van der Waals surface area contributed by atoms with Gasteiger partial charge in [-0.15, -0.1) is 0 Å². The number of hydrogen-bond acceptors (Lipinski definition) is 5. The number of halogens is 1. The minimum absolute atomic E-state index is 0.0819. The Balaban J connectivity index is 1.44. The topological polar surface area (TPSA) is 81.5 Å². The zero-order valence-corrected chi connectivity index (χ0v) is 19.5. The van der Waals surface area contributed by atoms with E-state index in [0.717, 1.165) is 38.5 Å². The first-order valence-corrected chi connectivity index (χ1v) is 13.5. The lowest BCUT2D eigenvalue weighted by molar-refractivity contribution is -0.133. The van der Waals surface area contributed by atoms with Crippen LogP contribution in [-0.2, 0) is 38.2 Å². The molecule has 0 unspecified atom stereocenters. The van der Waals surface area contributed by atoms with Crippen LogP contribution >= 0.6 is 0 Å². The molecule has 178 valence electrons. The van der Waals surface area contributed by atoms with Gasteiger partial charge in [0.1, 0.15) is 5.82 Å². The molecule has 1 aromatic carbocycles. The number of carbonyl (C=O) groups excluding carboxylic acids is 1. The van der Waals surface area contributed by atoms with Gasteiger partial charge in [-0.25, -0.2) is 17.8 Å². The summed E-state index contributed by atoms with van der Waals surface area (Å²) in [4.78, 5) is 19.1. The van der Waals surface area contributed by atoms with E-state index >= 15 is 0 Å². The fourth-order valence-electron chi connectivity index (χ4n) is 4.47. The van der Waals surface area contributed by atoms with Crippen LogP contribution in [0.2, 0.25) is 0 Å². The van der Waals surface area contributed by atoms with Crippen LogP contribution in [-0.4, -0.2) is 48.0 Å². The van der Waals surface area contributed by atoms with Crippen molar-refractivity contribution >= 4 is 15.7 Å². The summed E-state index contributed by atoms with van der Waals surface area (Å²) >= 11 is 0. The van der Waals surface area contributed by atoms with E-state index in [2.05, 4.69) is 4.98 Å². The lowest BCUT2D eigenvalue weighted by Crippen LogP contribution is -2.35. The predicted molar refractivity (Wildman–Crippen MR) is 119 cm³/mol. The molecule has 1 saturated heterocycles. The van der Waals surface area contributed by atoms with Gasteiger partial charge in [0.2, 0.25) is 20.9 Å². The second-order valence-electron chi connectivity index (χ2n) is 9.56. The Morgan fingerprint density at radius 1 is 1.18 bits per heavy atom. The van der Waals surface area contributed by atoms with Crippen molar-refractivity contribution in [3.63, 3.8) is 0 Å². The molecule has 0 N–H and O–H groups in total. The van der Waals surface area contributed by atoms with E-state index in [-0.39, 0.29) is 28.6 Å². The largest absolute Gasteiger partial charge is 0.376 e. The van der Waals surface area contributed by atoms with E-state index in [1.54, 1.807) is 16.8 Å². The zero-order chi connectivity index (χ0) is 23.0. The van der Waals surface area contributed by atoms with Crippen molar-refractivity contribution in [2.24, 2.45) is 11.8 Å². The smallest absolute Gasteiger partial charge is 0.228 e. The molecule has 0 spiro atoms. The van der Waals surface area contributed by atoms with Gasteiger partial charge in [-0.05, 0) is 50.5 Å². The van der Waals surface area contributed by atoms with Crippen LogP contribution in [0.4, 0.5) is 4.39 Å². The first-order chi connectivity index (χ1) is 15.9. The average molecular weight is 476 g/mol. The van der Waals surface area contributed by atoms with Crippen LogP contribution in [0.25, 0.3) is 0 Å². The maximum atomic E-state index is 14.2. The molecule has 2 heterocycles. The van der Waals surface area contributed by atoms with Crippen molar-refractivity contribution in [1.29, 1.82) is 0 Å². The maximum Gasteiger partial charge on any atom is 0.228 e. The Bertz CT molecular complexity index is 1120. The van der Waals surface area contributed by atoms with Gasteiger partial charge in [-0.2, -0.15) is 0 Å². The molecular formula is C24H30FN3O4S. The Hall–Kier alpha value is -2.26. The van der Waals surface area contributed by atoms with Gasteiger partial charge in [-0.1, -0.05) is 18.2 Å². The van der Waals surface area contributed by atoms with Crippen LogP contribution in [0.1, 0.15) is 49.8 Å². The maximum absolute atomic E-state index is 14.2. The number of rotatable bonds is 10. The first-order valence-electron chi connectivity index (χ1n) is 11.8. The third-order valence-electron chi connectivity index (χ3n) is 6.66. The van der Waals surface area contributed by atoms with Gasteiger partial charge < -0.3 is 14.2 Å². The number of imidazole rings is 1. The molecule has 1 aliphatic heterocycles. The molecule has 2 saturated carbocycles. The number of sulfone groups is 1. The van der Waals surface area contributed by atoms with E-state index in [1.165, 1.54) is 18.2 Å². The Morgan fingerprint density at radius 3 is 2.64 bits per heavy atom. The van der Waals surface area contributed by atoms with Crippen molar-refractivity contribution < 1.29 is 22.3 Å². The van der Waals surface area contributed by atoms with Gasteiger partial charge in [0.25, 0.3) is 0 Å². The van der Waals surface area contributed by atoms with Crippen molar-refractivity contribution in [3.8, 4) is 0 Å². The van der Waals surface area contributed by atoms with E-state index in [0.29, 0.717) is 37.9 Å². The van der Waals surface area contributed by atoms with Crippen molar-refractivity contribution in [1.82, 2.24) is 14.5 Å². The normalized spacial score (nSPS) is 20.8. The zero-order valence-electron chi connectivity index (χ0n) is 18.7. The quantitative estimate of drug-likeness (QED) is 0.527. The van der Waals surface area contributed by atoms with Crippen LogP contribution in [0, 0.1) is 17.7 Å². The highest BCUT2D eigenvalue weighted by Crippen LogP contribution is 2.35. The summed E-state index contributed by atoms with van der Waals surface area (Å²) in [6.45, 7) is 2.05. The van der Waals surface area contributed by atoms with Crippen LogP contribution < -0.4 is 0 Å². The van der Waals surface area contributed by atoms with E-state index < -0.39 is 21.4 Å². The summed E-state index contributed by atoms with van der Waals surface area (Å²) in [7, 11) is -3.91. The fraction of sp³-hybridized carbons (Fsp3) is 0.583. The van der Waals surface area contributed by atoms with E-state index in [1.807, 2.05) is 4.90 Å². The molecule has 2 aliphatic carbocycles. The molecule has 1 aromatic heterocycles. The van der Waals surface area contributed by atoms with Gasteiger partial charge in [0, 0.05) is 24.6 Å². The number of ether oxygens (including phenoxy) is 1. The highest BCUT2D eigenvalue weighted by molar-refractivity contribution is 7.90. The summed E-state index contributed by atoms with van der Waals surface area (Å²) in [6.07, 6.45) is 7.35. The van der Waals surface area contributed by atoms with Crippen molar-refractivity contribution in [2.75, 3.05) is 13.2 Å². The molecule has 5 rings (SSSR count). The third-order valence-corrected chi connectivity index (χ3v) is 8.23. The number of carbonyl (C=O) groups is 1. The van der Waals surface area contributed by atoms with Gasteiger partial charge in [0.05, 0.1) is 36.8 Å². The van der Waals surface area contributed by atoms with Crippen LogP contribution in [0.15, 0.2) is 35.6 Å². The second-order valence-corrected chi connectivity index (χ2v) is 11.4. The van der Waals surface area contributed by atoms with Gasteiger partial charge in [0.15, 0.2) is 0 Å².